The Kier molecular flexibility index (Phi) is 8.07. The van der Waals surface area contributed by atoms with Crippen molar-refractivity contribution in [2.45, 2.75) is 50.5 Å². The van der Waals surface area contributed by atoms with Crippen molar-refractivity contribution in [3.8, 4) is 17.2 Å². The van der Waals surface area contributed by atoms with E-state index in [0.29, 0.717) is 25.8 Å². The van der Waals surface area contributed by atoms with Crippen molar-refractivity contribution < 1.29 is 19.0 Å². The van der Waals surface area contributed by atoms with Gasteiger partial charge < -0.3 is 29.7 Å². The van der Waals surface area contributed by atoms with Crippen LogP contribution in [0, 0.1) is 0 Å². The van der Waals surface area contributed by atoms with Crippen molar-refractivity contribution >= 4 is 5.91 Å². The lowest BCUT2D eigenvalue weighted by atomic mass is 9.91. The van der Waals surface area contributed by atoms with Gasteiger partial charge in [-0.2, -0.15) is 0 Å². The van der Waals surface area contributed by atoms with E-state index in [0.717, 1.165) is 55.0 Å². The summed E-state index contributed by atoms with van der Waals surface area (Å²) in [6, 6.07) is 16.6. The van der Waals surface area contributed by atoms with Gasteiger partial charge in [-0.1, -0.05) is 30.3 Å². The number of nitrogens with one attached hydrogen (secondary N) is 2. The van der Waals surface area contributed by atoms with Crippen LogP contribution in [-0.4, -0.2) is 62.8 Å². The topological polar surface area (TPSA) is 72.1 Å². The number of likely N-dealkylation sites (N-methyl/N-ethyl adjacent to an activating group) is 1. The van der Waals surface area contributed by atoms with Gasteiger partial charge in [-0.15, -0.1) is 0 Å². The molecule has 1 heterocycles. The molecule has 2 aromatic rings. The lowest BCUT2D eigenvalue weighted by Crippen LogP contribution is -2.47. The normalized spacial score (nSPS) is 22.1. The maximum absolute atomic E-state index is 12.0. The number of benzene rings is 2. The molecular weight excluding hydrogens is 418 g/mol. The van der Waals surface area contributed by atoms with E-state index < -0.39 is 0 Å². The van der Waals surface area contributed by atoms with Crippen LogP contribution in [0.1, 0.15) is 31.2 Å². The van der Waals surface area contributed by atoms with E-state index in [1.54, 1.807) is 0 Å². The van der Waals surface area contributed by atoms with Gasteiger partial charge in [0.1, 0.15) is 25.1 Å². The molecule has 1 unspecified atom stereocenters. The zero-order valence-electron chi connectivity index (χ0n) is 19.6. The molecule has 2 aliphatic rings. The standard InChI is InChI=1S/C26H35N3O4/c1-29(2)16-26(30)28-21-10-8-20(9-11-21)27-15-23-18-32-24-13-12-22(14-25(24)33-23)31-17-19-6-4-3-5-7-19/h3-7,12-14,20-21,23,27H,8-11,15-18H2,1-2H3,(H,28,30)/t20-,21+,23?. The van der Waals surface area contributed by atoms with Crippen molar-refractivity contribution in [2.24, 2.45) is 0 Å². The average molecular weight is 454 g/mol. The summed E-state index contributed by atoms with van der Waals surface area (Å²) in [6.45, 7) is 2.22. The van der Waals surface area contributed by atoms with Gasteiger partial charge in [-0.3, -0.25) is 4.79 Å². The number of carbonyl (C=O) groups excluding carboxylic acids is 1. The summed E-state index contributed by atoms with van der Waals surface area (Å²) in [7, 11) is 3.82. The smallest absolute Gasteiger partial charge is 0.234 e. The second-order valence-electron chi connectivity index (χ2n) is 9.20. The van der Waals surface area contributed by atoms with Crippen molar-refractivity contribution in [1.82, 2.24) is 15.5 Å². The number of amides is 1. The van der Waals surface area contributed by atoms with E-state index in [-0.39, 0.29) is 18.1 Å². The third-order valence-electron chi connectivity index (χ3n) is 6.07. The Morgan fingerprint density at radius 2 is 1.79 bits per heavy atom. The van der Waals surface area contributed by atoms with Gasteiger partial charge >= 0.3 is 0 Å². The van der Waals surface area contributed by atoms with Crippen molar-refractivity contribution in [1.29, 1.82) is 0 Å². The largest absolute Gasteiger partial charge is 0.489 e. The summed E-state index contributed by atoms with van der Waals surface area (Å²) in [5.41, 5.74) is 1.13. The number of carbonyl (C=O) groups is 1. The molecule has 0 bridgehead atoms. The van der Waals surface area contributed by atoms with Crippen LogP contribution >= 0.6 is 0 Å². The summed E-state index contributed by atoms with van der Waals surface area (Å²) in [5, 5.41) is 6.78. The number of fused-ring (bicyclic) bond motifs is 1. The Hall–Kier alpha value is -2.77. The van der Waals surface area contributed by atoms with Gasteiger partial charge in [0.25, 0.3) is 0 Å². The molecule has 0 radical (unpaired) electrons. The number of ether oxygens (including phenoxy) is 3. The summed E-state index contributed by atoms with van der Waals surface area (Å²) >= 11 is 0. The summed E-state index contributed by atoms with van der Waals surface area (Å²) in [4.78, 5) is 13.9. The highest BCUT2D eigenvalue weighted by Crippen LogP contribution is 2.35. The first-order chi connectivity index (χ1) is 16.0. The molecule has 1 atom stereocenters. The molecule has 1 amide bonds. The maximum Gasteiger partial charge on any atom is 0.234 e. The minimum atomic E-state index is -0.0422. The zero-order chi connectivity index (χ0) is 23.0. The van der Waals surface area contributed by atoms with E-state index in [1.165, 1.54) is 0 Å². The van der Waals surface area contributed by atoms with Crippen LogP contribution in [0.3, 0.4) is 0 Å². The average Bonchev–Trinajstić information content (AvgIpc) is 2.82. The molecule has 33 heavy (non-hydrogen) atoms. The van der Waals surface area contributed by atoms with Crippen LogP contribution in [0.25, 0.3) is 0 Å². The van der Waals surface area contributed by atoms with E-state index in [9.17, 15) is 4.79 Å². The van der Waals surface area contributed by atoms with Crippen LogP contribution < -0.4 is 24.8 Å². The molecule has 1 saturated carbocycles. The lowest BCUT2D eigenvalue weighted by Gasteiger charge is -2.32. The third kappa shape index (κ3) is 7.11. The predicted molar refractivity (Wildman–Crippen MR) is 128 cm³/mol. The van der Waals surface area contributed by atoms with Gasteiger partial charge in [0, 0.05) is 24.7 Å². The molecule has 7 heteroatoms. The van der Waals surface area contributed by atoms with Gasteiger partial charge in [0.15, 0.2) is 11.5 Å². The van der Waals surface area contributed by atoms with E-state index in [1.807, 2.05) is 67.5 Å². The summed E-state index contributed by atoms with van der Waals surface area (Å²) in [5.74, 6) is 2.36. The molecule has 2 aromatic carbocycles. The molecule has 2 N–H and O–H groups in total. The number of hydrogen-bond donors (Lipinski definition) is 2. The van der Waals surface area contributed by atoms with Crippen LogP contribution in [0.4, 0.5) is 0 Å². The summed E-state index contributed by atoms with van der Waals surface area (Å²) in [6.07, 6.45) is 4.07. The highest BCUT2D eigenvalue weighted by molar-refractivity contribution is 5.78. The summed E-state index contributed by atoms with van der Waals surface area (Å²) < 4.78 is 18.0. The minimum Gasteiger partial charge on any atom is -0.489 e. The second kappa shape index (κ2) is 11.4. The van der Waals surface area contributed by atoms with Gasteiger partial charge in [0.2, 0.25) is 5.91 Å². The van der Waals surface area contributed by atoms with Gasteiger partial charge in [-0.05, 0) is 57.5 Å². The van der Waals surface area contributed by atoms with Crippen LogP contribution in [0.15, 0.2) is 48.5 Å². The number of hydrogen-bond acceptors (Lipinski definition) is 6. The monoisotopic (exact) mass is 453 g/mol. The highest BCUT2D eigenvalue weighted by atomic mass is 16.6. The molecule has 0 spiro atoms. The Balaban J connectivity index is 1.20. The van der Waals surface area contributed by atoms with Crippen molar-refractivity contribution in [3.05, 3.63) is 54.1 Å². The van der Waals surface area contributed by atoms with Crippen LogP contribution in [-0.2, 0) is 11.4 Å². The Labute approximate surface area is 196 Å². The zero-order valence-corrected chi connectivity index (χ0v) is 19.6. The van der Waals surface area contributed by atoms with Gasteiger partial charge in [0.05, 0.1) is 6.54 Å². The van der Waals surface area contributed by atoms with Crippen molar-refractivity contribution in [3.63, 3.8) is 0 Å². The van der Waals surface area contributed by atoms with E-state index >= 15 is 0 Å². The number of nitrogens with zero attached hydrogens (tertiary/aromatic N) is 1. The van der Waals surface area contributed by atoms with Crippen molar-refractivity contribution in [2.75, 3.05) is 33.8 Å². The Bertz CT molecular complexity index is 898. The fraction of sp³-hybridized carbons (Fsp3) is 0.500. The third-order valence-corrected chi connectivity index (χ3v) is 6.07. The first-order valence-corrected chi connectivity index (χ1v) is 11.8. The fourth-order valence-corrected chi connectivity index (χ4v) is 4.33. The van der Waals surface area contributed by atoms with Crippen LogP contribution in [0.2, 0.25) is 0 Å². The SMILES string of the molecule is CN(C)CC(=O)N[C@H]1CC[C@@H](NCC2COc3ccc(OCc4ccccc4)cc3O2)CC1. The molecule has 0 saturated heterocycles. The molecule has 1 fully saturated rings. The quantitative estimate of drug-likeness (QED) is 0.608. The second-order valence-corrected chi connectivity index (χ2v) is 9.20. The first-order valence-electron chi connectivity index (χ1n) is 11.8. The molecule has 1 aliphatic carbocycles. The van der Waals surface area contributed by atoms with E-state index in [4.69, 9.17) is 14.2 Å². The minimum absolute atomic E-state index is 0.0422. The Morgan fingerprint density at radius 1 is 1.03 bits per heavy atom. The predicted octanol–water partition coefficient (Wildman–Crippen LogP) is 2.98. The highest BCUT2D eigenvalue weighted by Gasteiger charge is 2.25. The maximum atomic E-state index is 12.0. The number of rotatable bonds is 9. The fourth-order valence-electron chi connectivity index (χ4n) is 4.33. The molecule has 178 valence electrons. The molecule has 1 aliphatic heterocycles. The first kappa shape index (κ1) is 23.4. The van der Waals surface area contributed by atoms with E-state index in [2.05, 4.69) is 10.6 Å². The van der Waals surface area contributed by atoms with Gasteiger partial charge in [-0.25, -0.2) is 0 Å². The molecular formula is C26H35N3O4. The van der Waals surface area contributed by atoms with Crippen LogP contribution in [0.5, 0.6) is 17.2 Å². The Morgan fingerprint density at radius 3 is 2.55 bits per heavy atom. The molecule has 4 rings (SSSR count). The lowest BCUT2D eigenvalue weighted by molar-refractivity contribution is -0.122. The molecule has 0 aromatic heterocycles. The molecule has 7 nitrogen and oxygen atoms in total.